The average Bonchev–Trinajstić information content (AvgIpc) is 3.26. The molecule has 0 saturated heterocycles. The van der Waals surface area contributed by atoms with E-state index in [-0.39, 0.29) is 18.4 Å². The lowest BCUT2D eigenvalue weighted by molar-refractivity contribution is -0.141. The van der Waals surface area contributed by atoms with Gasteiger partial charge in [0.15, 0.2) is 5.66 Å². The molecule has 2 rings (SSSR count). The molecule has 0 saturated carbocycles. The minimum Gasteiger partial charge on any atom is -0.468 e. The molecule has 0 aliphatic carbocycles. The van der Waals surface area contributed by atoms with Crippen LogP contribution >= 0.6 is 0 Å². The van der Waals surface area contributed by atoms with Crippen molar-refractivity contribution in [2.75, 3.05) is 13.7 Å². The molecule has 1 N–H and O–H groups in total. The third-order valence-corrected chi connectivity index (χ3v) is 3.84. The number of amides is 1. The minimum atomic E-state index is -0.415. The Bertz CT molecular complexity index is 670. The van der Waals surface area contributed by atoms with Gasteiger partial charge in [-0.2, -0.15) is 10.2 Å². The molecule has 1 aromatic rings. The molecule has 1 aromatic heterocycles. The zero-order valence-corrected chi connectivity index (χ0v) is 14.3. The maximum atomic E-state index is 11.8. The Hall–Kier alpha value is -2.76. The van der Waals surface area contributed by atoms with Gasteiger partial charge < -0.3 is 10.1 Å². The molecule has 0 bridgehead atoms. The summed E-state index contributed by atoms with van der Waals surface area (Å²) in [5.41, 5.74) is 0.351. The van der Waals surface area contributed by atoms with Crippen molar-refractivity contribution >= 4 is 11.9 Å². The van der Waals surface area contributed by atoms with Crippen LogP contribution in [0.15, 0.2) is 16.4 Å². The van der Waals surface area contributed by atoms with Gasteiger partial charge in [0.25, 0.3) is 0 Å². The standard InChI is InChI=1S/C16H22N6O3/c1-3-4-8-16(19-20-16)9-7-14(23)17-10-5-6-13-11-22(21-18-13)12-15(24)25-2/h1,11H,4-10,12H2,2H3,(H,17,23). The predicted octanol–water partition coefficient (Wildman–Crippen LogP) is 0.856. The van der Waals surface area contributed by atoms with E-state index in [0.717, 1.165) is 12.1 Å². The maximum Gasteiger partial charge on any atom is 0.327 e. The highest BCUT2D eigenvalue weighted by Crippen LogP contribution is 2.37. The first-order valence-corrected chi connectivity index (χ1v) is 8.17. The van der Waals surface area contributed by atoms with Gasteiger partial charge >= 0.3 is 5.97 Å². The van der Waals surface area contributed by atoms with Crippen molar-refractivity contribution in [3.8, 4) is 12.3 Å². The number of nitrogens with one attached hydrogen (secondary N) is 1. The molecular weight excluding hydrogens is 324 g/mol. The van der Waals surface area contributed by atoms with Crippen LogP contribution in [0.4, 0.5) is 0 Å². The monoisotopic (exact) mass is 346 g/mol. The van der Waals surface area contributed by atoms with Gasteiger partial charge in [-0.25, -0.2) is 4.68 Å². The number of terminal acetylenes is 1. The quantitative estimate of drug-likeness (QED) is 0.363. The Morgan fingerprint density at radius 2 is 2.20 bits per heavy atom. The molecule has 0 fully saturated rings. The Morgan fingerprint density at radius 1 is 1.40 bits per heavy atom. The lowest BCUT2D eigenvalue weighted by Gasteiger charge is -2.08. The fourth-order valence-electron chi connectivity index (χ4n) is 2.29. The Kier molecular flexibility index (Phi) is 6.62. The fourth-order valence-corrected chi connectivity index (χ4v) is 2.29. The molecular formula is C16H22N6O3. The highest BCUT2D eigenvalue weighted by Gasteiger charge is 2.39. The molecule has 0 atom stereocenters. The van der Waals surface area contributed by atoms with E-state index >= 15 is 0 Å². The van der Waals surface area contributed by atoms with Crippen LogP contribution in [0, 0.1) is 12.3 Å². The number of rotatable bonds is 11. The number of carbonyl (C=O) groups excluding carboxylic acids is 2. The van der Waals surface area contributed by atoms with E-state index in [0.29, 0.717) is 38.6 Å². The van der Waals surface area contributed by atoms with Crippen molar-refractivity contribution in [2.45, 2.75) is 50.7 Å². The lowest BCUT2D eigenvalue weighted by Crippen LogP contribution is -2.26. The summed E-state index contributed by atoms with van der Waals surface area (Å²) < 4.78 is 5.99. The number of aryl methyl sites for hydroxylation is 1. The summed E-state index contributed by atoms with van der Waals surface area (Å²) in [5.74, 6) is 2.17. The van der Waals surface area contributed by atoms with Crippen LogP contribution in [-0.4, -0.2) is 46.2 Å². The molecule has 2 heterocycles. The Balaban J connectivity index is 1.57. The molecule has 25 heavy (non-hydrogen) atoms. The van der Waals surface area contributed by atoms with Crippen molar-refractivity contribution < 1.29 is 14.3 Å². The zero-order valence-electron chi connectivity index (χ0n) is 14.3. The molecule has 1 aliphatic rings. The van der Waals surface area contributed by atoms with Gasteiger partial charge in [-0.3, -0.25) is 9.59 Å². The smallest absolute Gasteiger partial charge is 0.327 e. The van der Waals surface area contributed by atoms with E-state index in [1.54, 1.807) is 6.20 Å². The van der Waals surface area contributed by atoms with Crippen molar-refractivity contribution in [3.63, 3.8) is 0 Å². The molecule has 0 radical (unpaired) electrons. The van der Waals surface area contributed by atoms with Crippen LogP contribution in [0.5, 0.6) is 0 Å². The van der Waals surface area contributed by atoms with Gasteiger partial charge in [-0.15, -0.1) is 17.4 Å². The normalized spacial score (nSPS) is 13.9. The highest BCUT2D eigenvalue weighted by molar-refractivity contribution is 5.75. The Labute approximate surface area is 146 Å². The molecule has 134 valence electrons. The van der Waals surface area contributed by atoms with Crippen LogP contribution in [-0.2, 0) is 27.3 Å². The van der Waals surface area contributed by atoms with Crippen molar-refractivity contribution in [2.24, 2.45) is 10.2 Å². The summed E-state index contributed by atoms with van der Waals surface area (Å²) in [6, 6.07) is 0. The van der Waals surface area contributed by atoms with Crippen LogP contribution in [0.1, 0.15) is 37.8 Å². The summed E-state index contributed by atoms with van der Waals surface area (Å²) in [6.45, 7) is 0.589. The van der Waals surface area contributed by atoms with Crippen LogP contribution < -0.4 is 5.32 Å². The van der Waals surface area contributed by atoms with Crippen LogP contribution in [0.25, 0.3) is 0 Å². The lowest BCUT2D eigenvalue weighted by atomic mass is 10.0. The summed E-state index contributed by atoms with van der Waals surface area (Å²) >= 11 is 0. The van der Waals surface area contributed by atoms with E-state index in [1.807, 2.05) is 0 Å². The van der Waals surface area contributed by atoms with Gasteiger partial charge in [-0.1, -0.05) is 5.21 Å². The van der Waals surface area contributed by atoms with E-state index in [2.05, 4.69) is 36.5 Å². The molecule has 1 aliphatic heterocycles. The second-order valence-electron chi connectivity index (χ2n) is 5.82. The van der Waals surface area contributed by atoms with E-state index in [9.17, 15) is 9.59 Å². The summed E-state index contributed by atoms with van der Waals surface area (Å²) in [6.07, 6.45) is 10.6. The molecule has 0 unspecified atom stereocenters. The predicted molar refractivity (Wildman–Crippen MR) is 88.3 cm³/mol. The van der Waals surface area contributed by atoms with Gasteiger partial charge in [0.1, 0.15) is 6.54 Å². The van der Waals surface area contributed by atoms with Crippen LogP contribution in [0.2, 0.25) is 0 Å². The third kappa shape index (κ3) is 6.33. The first-order chi connectivity index (χ1) is 12.1. The molecule has 9 heteroatoms. The van der Waals surface area contributed by atoms with E-state index < -0.39 is 5.66 Å². The van der Waals surface area contributed by atoms with E-state index in [1.165, 1.54) is 11.8 Å². The Morgan fingerprint density at radius 3 is 2.88 bits per heavy atom. The summed E-state index contributed by atoms with van der Waals surface area (Å²) in [4.78, 5) is 23.0. The second-order valence-corrected chi connectivity index (χ2v) is 5.82. The van der Waals surface area contributed by atoms with Gasteiger partial charge in [0.2, 0.25) is 5.91 Å². The molecule has 0 spiro atoms. The topological polar surface area (TPSA) is 111 Å². The van der Waals surface area contributed by atoms with Gasteiger partial charge in [-0.05, 0) is 12.8 Å². The number of hydrogen-bond acceptors (Lipinski definition) is 7. The largest absolute Gasteiger partial charge is 0.468 e. The van der Waals surface area contributed by atoms with Crippen molar-refractivity contribution in [3.05, 3.63) is 11.9 Å². The first kappa shape index (κ1) is 18.6. The number of hydrogen-bond donors (Lipinski definition) is 1. The minimum absolute atomic E-state index is 0.0215. The molecule has 1 amide bonds. The number of methoxy groups -OCH3 is 1. The van der Waals surface area contributed by atoms with Crippen LogP contribution in [0.3, 0.4) is 0 Å². The SMILES string of the molecule is C#CCCC1(CCC(=O)NCCCc2cn(CC(=O)OC)nn2)N=N1. The third-order valence-electron chi connectivity index (χ3n) is 3.84. The highest BCUT2D eigenvalue weighted by atomic mass is 16.5. The second kappa shape index (κ2) is 8.92. The van der Waals surface area contributed by atoms with Crippen molar-refractivity contribution in [1.82, 2.24) is 20.3 Å². The zero-order chi connectivity index (χ0) is 18.1. The van der Waals surface area contributed by atoms with Gasteiger partial charge in [0.05, 0.1) is 12.8 Å². The summed E-state index contributed by atoms with van der Waals surface area (Å²) in [7, 11) is 1.32. The average molecular weight is 346 g/mol. The molecule has 9 nitrogen and oxygen atoms in total. The summed E-state index contributed by atoms with van der Waals surface area (Å²) in [5, 5.41) is 18.7. The number of esters is 1. The van der Waals surface area contributed by atoms with Crippen molar-refractivity contribution in [1.29, 1.82) is 0 Å². The first-order valence-electron chi connectivity index (χ1n) is 8.17. The number of carbonyl (C=O) groups is 2. The number of nitrogens with zero attached hydrogens (tertiary/aromatic N) is 5. The van der Waals surface area contributed by atoms with Gasteiger partial charge in [0, 0.05) is 38.4 Å². The number of ether oxygens (including phenoxy) is 1. The molecule has 0 aromatic carbocycles. The van der Waals surface area contributed by atoms with E-state index in [4.69, 9.17) is 6.42 Å². The fraction of sp³-hybridized carbons (Fsp3) is 0.625. The maximum absolute atomic E-state index is 11.8. The number of aromatic nitrogens is 3.